The first kappa shape index (κ1) is 55.8. The number of benzene rings is 11. The van der Waals surface area contributed by atoms with E-state index in [0.717, 1.165) is 104 Å². The van der Waals surface area contributed by atoms with Crippen molar-refractivity contribution in [2.75, 3.05) is 9.80 Å². The van der Waals surface area contributed by atoms with Crippen molar-refractivity contribution >= 4 is 57.6 Å². The highest BCUT2D eigenvalue weighted by Gasteiger charge is 2.69. The summed E-state index contributed by atoms with van der Waals surface area (Å²) in [4.78, 5) is 9.56. The SMILES string of the molecule is Cc1c(N2c3ccc(-c4ccccc4)cc3Sc3cc(-c4ccccc4)ccc32)c(C#N)c(N2c3ccc(-c4ccccc4)cc3Sc3cc(-c4ccccc4)ccc32)c2c1C(C)(C)C1(c3cc(C(C)(C)C)ccc3-c3ccc(C(C)(C)C)cc31)C2(C)C. The molecule has 15 rings (SSSR count). The fourth-order valence-corrected chi connectivity index (χ4v) is 18.2. The molecule has 0 radical (unpaired) electrons. The summed E-state index contributed by atoms with van der Waals surface area (Å²) in [6.45, 7) is 26.6. The summed E-state index contributed by atoms with van der Waals surface area (Å²) >= 11 is 3.65. The Labute approximate surface area is 528 Å². The highest BCUT2D eigenvalue weighted by Crippen LogP contribution is 2.75. The number of fused-ring (bicyclic) bond motifs is 10. The molecule has 4 aliphatic rings. The number of rotatable bonds is 6. The Kier molecular flexibility index (Phi) is 12.8. The van der Waals surface area contributed by atoms with Crippen molar-refractivity contribution in [2.24, 2.45) is 0 Å². The van der Waals surface area contributed by atoms with Crippen LogP contribution < -0.4 is 9.80 Å². The Balaban J connectivity index is 1.10. The average Bonchev–Trinajstić information content (AvgIpc) is 1.47. The van der Waals surface area contributed by atoms with Gasteiger partial charge in [-0.15, -0.1) is 0 Å². The van der Waals surface area contributed by atoms with Crippen LogP contribution >= 0.6 is 23.5 Å². The van der Waals surface area contributed by atoms with Gasteiger partial charge in [-0.25, -0.2) is 0 Å². The van der Waals surface area contributed by atoms with E-state index < -0.39 is 16.2 Å². The summed E-state index contributed by atoms with van der Waals surface area (Å²) in [5.74, 6) is 0. The van der Waals surface area contributed by atoms with Gasteiger partial charge in [-0.3, -0.25) is 0 Å². The molecule has 0 amide bonds. The molecule has 0 saturated carbocycles. The van der Waals surface area contributed by atoms with Gasteiger partial charge in [-0.2, -0.15) is 5.26 Å². The summed E-state index contributed by atoms with van der Waals surface area (Å²) in [5, 5.41) is 13.0. The van der Waals surface area contributed by atoms with Gasteiger partial charge in [0.05, 0.1) is 34.1 Å². The van der Waals surface area contributed by atoms with E-state index in [0.29, 0.717) is 5.56 Å². The number of nitrogens with zero attached hydrogens (tertiary/aromatic N) is 3. The van der Waals surface area contributed by atoms with E-state index in [-0.39, 0.29) is 10.8 Å². The molecule has 2 aliphatic carbocycles. The third kappa shape index (κ3) is 8.25. The molecular formula is C83H71N3S2. The molecular weight excluding hydrogens is 1100 g/mol. The molecule has 0 aromatic heterocycles. The Hall–Kier alpha value is -8.79. The van der Waals surface area contributed by atoms with E-state index in [2.05, 4.69) is 323 Å². The van der Waals surface area contributed by atoms with E-state index in [1.807, 2.05) is 23.5 Å². The first-order valence-corrected chi connectivity index (χ1v) is 32.6. The van der Waals surface area contributed by atoms with Crippen molar-refractivity contribution < 1.29 is 0 Å². The molecule has 0 bridgehead atoms. The van der Waals surface area contributed by atoms with Crippen molar-refractivity contribution in [1.82, 2.24) is 0 Å². The standard InChI is InChI=1S/C83H71N3S2/c1-51-75-76(82(10,11)83(81(75,8)9)65-48-60(79(2,3)4)36-38-62(65)63-39-37-61(49-66(63)83)80(5,6)7)78(86-69-42-34-58(54-28-20-14-21-29-54)46-73(69)88-74-47-59(35-43-70(74)86)55-30-22-15-23-31-55)64(50-84)77(51)85-67-40-32-56(52-24-16-12-17-25-52)44-71(67)87-72-45-57(33-41-68(72)85)53-26-18-13-19-27-53/h12-49H,1-11H3. The quantitative estimate of drug-likeness (QED) is 0.166. The molecule has 0 unspecified atom stereocenters. The first-order chi connectivity index (χ1) is 42.3. The second-order valence-corrected chi connectivity index (χ2v) is 29.8. The lowest BCUT2D eigenvalue weighted by molar-refractivity contribution is 0.231. The Morgan fingerprint density at radius 1 is 0.364 bits per heavy atom. The number of nitriles is 1. The summed E-state index contributed by atoms with van der Waals surface area (Å²) in [6.07, 6.45) is 0. The second kappa shape index (κ2) is 20.1. The van der Waals surface area contributed by atoms with Crippen LogP contribution in [0.25, 0.3) is 55.6 Å². The van der Waals surface area contributed by atoms with Crippen LogP contribution in [0.5, 0.6) is 0 Å². The van der Waals surface area contributed by atoms with Gasteiger partial charge >= 0.3 is 0 Å². The summed E-state index contributed by atoms with van der Waals surface area (Å²) < 4.78 is 0. The first-order valence-electron chi connectivity index (χ1n) is 31.0. The van der Waals surface area contributed by atoms with Gasteiger partial charge in [0.25, 0.3) is 0 Å². The summed E-state index contributed by atoms with van der Waals surface area (Å²) in [6, 6.07) is 88.8. The number of anilines is 6. The molecule has 1 spiro atoms. The van der Waals surface area contributed by atoms with Crippen LogP contribution in [-0.2, 0) is 27.1 Å². The maximum Gasteiger partial charge on any atom is 0.104 e. The van der Waals surface area contributed by atoms with E-state index >= 15 is 0 Å². The highest BCUT2D eigenvalue weighted by molar-refractivity contribution is 8.00. The molecule has 0 atom stereocenters. The Bertz CT molecular complexity index is 4470. The van der Waals surface area contributed by atoms with Crippen LogP contribution in [0, 0.1) is 18.3 Å². The average molecular weight is 1170 g/mol. The molecule has 0 saturated heterocycles. The van der Waals surface area contributed by atoms with Crippen LogP contribution in [0.4, 0.5) is 34.1 Å². The predicted octanol–water partition coefficient (Wildman–Crippen LogP) is 23.5. The minimum absolute atomic E-state index is 0.118. The normalized spacial score (nSPS) is 15.3. The molecule has 11 aromatic carbocycles. The van der Waals surface area contributed by atoms with Crippen LogP contribution in [0.3, 0.4) is 0 Å². The lowest BCUT2D eigenvalue weighted by atomic mass is 9.52. The number of hydrogen-bond donors (Lipinski definition) is 0. The maximum atomic E-state index is 13.0. The third-order valence-electron chi connectivity index (χ3n) is 19.9. The van der Waals surface area contributed by atoms with Crippen LogP contribution in [-0.4, -0.2) is 0 Å². The van der Waals surface area contributed by atoms with Crippen molar-refractivity contribution in [3.8, 4) is 61.7 Å². The predicted molar refractivity (Wildman–Crippen MR) is 371 cm³/mol. The van der Waals surface area contributed by atoms with Gasteiger partial charge in [0, 0.05) is 35.8 Å². The van der Waals surface area contributed by atoms with Crippen molar-refractivity contribution in [3.05, 3.63) is 275 Å². The summed E-state index contributed by atoms with van der Waals surface area (Å²) in [5.41, 5.74) is 25.4. The van der Waals surface area contributed by atoms with E-state index in [9.17, 15) is 5.26 Å². The fourth-order valence-electron chi connectivity index (χ4n) is 15.9. The van der Waals surface area contributed by atoms with E-state index in [1.54, 1.807) is 0 Å². The van der Waals surface area contributed by atoms with Crippen LogP contribution in [0.1, 0.15) is 114 Å². The third-order valence-corrected chi connectivity index (χ3v) is 22.1. The molecule has 5 heteroatoms. The monoisotopic (exact) mass is 1170 g/mol. The molecule has 88 heavy (non-hydrogen) atoms. The van der Waals surface area contributed by atoms with Gasteiger partial charge in [0.1, 0.15) is 11.6 Å². The lowest BCUT2D eigenvalue weighted by Crippen LogP contribution is -2.51. The van der Waals surface area contributed by atoms with Gasteiger partial charge < -0.3 is 9.80 Å². The fraction of sp³-hybridized carbons (Fsp3) is 0.193. The Morgan fingerprint density at radius 2 is 0.682 bits per heavy atom. The zero-order chi connectivity index (χ0) is 60.8. The second-order valence-electron chi connectivity index (χ2n) is 27.6. The van der Waals surface area contributed by atoms with Gasteiger partial charge in [-0.05, 0) is 161 Å². The highest BCUT2D eigenvalue weighted by atomic mass is 32.2. The molecule has 0 N–H and O–H groups in total. The van der Waals surface area contributed by atoms with Gasteiger partial charge in [-0.1, -0.05) is 275 Å². The molecule has 11 aromatic rings. The van der Waals surface area contributed by atoms with E-state index in [1.165, 1.54) is 44.5 Å². The molecule has 3 nitrogen and oxygen atoms in total. The minimum atomic E-state index is -0.648. The van der Waals surface area contributed by atoms with Gasteiger partial charge in [0.15, 0.2) is 0 Å². The molecule has 0 fully saturated rings. The van der Waals surface area contributed by atoms with E-state index in [4.69, 9.17) is 0 Å². The van der Waals surface area contributed by atoms with Crippen molar-refractivity contribution in [1.29, 1.82) is 5.26 Å². The molecule has 430 valence electrons. The molecule has 2 aliphatic heterocycles. The Morgan fingerprint density at radius 3 is 1.00 bits per heavy atom. The van der Waals surface area contributed by atoms with Gasteiger partial charge in [0.2, 0.25) is 0 Å². The topological polar surface area (TPSA) is 30.3 Å². The van der Waals surface area contributed by atoms with Crippen molar-refractivity contribution in [3.63, 3.8) is 0 Å². The molecule has 2 heterocycles. The number of hydrogen-bond acceptors (Lipinski definition) is 5. The zero-order valence-corrected chi connectivity index (χ0v) is 53.7. The van der Waals surface area contributed by atoms with Crippen molar-refractivity contribution in [2.45, 2.75) is 123 Å². The lowest BCUT2D eigenvalue weighted by Gasteiger charge is -2.50. The smallest absolute Gasteiger partial charge is 0.104 e. The van der Waals surface area contributed by atoms with Crippen LogP contribution in [0.2, 0.25) is 0 Å². The zero-order valence-electron chi connectivity index (χ0n) is 52.1. The summed E-state index contributed by atoms with van der Waals surface area (Å²) in [7, 11) is 0. The van der Waals surface area contributed by atoms with Crippen LogP contribution in [0.15, 0.2) is 250 Å². The largest absolute Gasteiger partial charge is 0.307 e. The minimum Gasteiger partial charge on any atom is -0.307 e. The maximum absolute atomic E-state index is 13.0.